The number of hydrogen-bond acceptors (Lipinski definition) is 2. The molecule has 0 aromatic rings. The van der Waals surface area contributed by atoms with Gasteiger partial charge in [-0.2, -0.15) is 0 Å². The summed E-state index contributed by atoms with van der Waals surface area (Å²) in [6.45, 7) is 2.87. The summed E-state index contributed by atoms with van der Waals surface area (Å²) in [6.07, 6.45) is 0.590. The molecule has 0 aromatic heterocycles. The Bertz CT molecular complexity index is 97.1. The molecule has 4 atom stereocenters. The van der Waals surface area contributed by atoms with E-state index in [1.54, 1.807) is 0 Å². The number of aliphatic hydroxyl groups is 1. The molecule has 0 aromatic carbocycles. The first-order chi connectivity index (χ1) is 4.20. The minimum atomic E-state index is -0.279. The monoisotopic (exact) mass is 148 g/mol. The van der Waals surface area contributed by atoms with Crippen molar-refractivity contribution < 1.29 is 9.84 Å². The second kappa shape index (κ2) is 2.96. The Morgan fingerprint density at radius 2 is 2.33 bits per heavy atom. The van der Waals surface area contributed by atoms with Crippen LogP contribution in [0.4, 0.5) is 0 Å². The van der Waals surface area contributed by atoms with Crippen molar-refractivity contribution in [3.8, 4) is 0 Å². The second-order valence-corrected chi connectivity index (χ2v) is 3.36. The van der Waals surface area contributed by atoms with Gasteiger partial charge in [-0.15, -0.1) is 9.24 Å². The minimum Gasteiger partial charge on any atom is -0.390 e. The van der Waals surface area contributed by atoms with Crippen LogP contribution in [0.2, 0.25) is 0 Å². The summed E-state index contributed by atoms with van der Waals surface area (Å²) in [6, 6.07) is 0. The van der Waals surface area contributed by atoms with Crippen LogP contribution < -0.4 is 0 Å². The Balaban J connectivity index is 2.35. The van der Waals surface area contributed by atoms with Gasteiger partial charge in [0, 0.05) is 0 Å². The summed E-state index contributed by atoms with van der Waals surface area (Å²) in [5, 5.41) is 9.20. The third-order valence-electron chi connectivity index (χ3n) is 1.60. The summed E-state index contributed by atoms with van der Waals surface area (Å²) >= 11 is 0. The fraction of sp³-hybridized carbons (Fsp3) is 1.00. The van der Waals surface area contributed by atoms with Crippen molar-refractivity contribution in [1.82, 2.24) is 0 Å². The maximum Gasteiger partial charge on any atom is 0.0965 e. The molecular weight excluding hydrogens is 135 g/mol. The maximum absolute atomic E-state index is 9.20. The lowest BCUT2D eigenvalue weighted by atomic mass is 10.0. The average molecular weight is 148 g/mol. The van der Waals surface area contributed by atoms with E-state index in [-0.39, 0.29) is 11.9 Å². The number of ether oxygens (including phenoxy) is 1. The van der Waals surface area contributed by atoms with Crippen LogP contribution in [-0.2, 0) is 4.74 Å². The highest BCUT2D eigenvalue weighted by Gasteiger charge is 2.23. The molecule has 1 fully saturated rings. The molecule has 0 bridgehead atoms. The van der Waals surface area contributed by atoms with Crippen LogP contribution in [0.25, 0.3) is 0 Å². The third kappa shape index (κ3) is 1.89. The van der Waals surface area contributed by atoms with Crippen LogP contribution in [0.5, 0.6) is 0 Å². The highest BCUT2D eigenvalue weighted by atomic mass is 31.0. The van der Waals surface area contributed by atoms with Crippen molar-refractivity contribution >= 4 is 9.24 Å². The molecule has 0 saturated carbocycles. The number of hydrogen-bond donors (Lipinski definition) is 1. The van der Waals surface area contributed by atoms with E-state index in [2.05, 4.69) is 16.2 Å². The molecule has 1 heterocycles. The number of aliphatic hydroxyl groups excluding tert-OH is 1. The van der Waals surface area contributed by atoms with Crippen LogP contribution in [0.15, 0.2) is 0 Å². The van der Waals surface area contributed by atoms with Crippen LogP contribution in [0, 0.1) is 5.92 Å². The van der Waals surface area contributed by atoms with E-state index < -0.39 is 0 Å². The molecule has 54 valence electrons. The van der Waals surface area contributed by atoms with Gasteiger partial charge >= 0.3 is 0 Å². The molecule has 1 aliphatic heterocycles. The molecule has 1 aliphatic rings. The molecule has 0 radical (unpaired) electrons. The maximum atomic E-state index is 9.20. The van der Waals surface area contributed by atoms with Gasteiger partial charge in [0.1, 0.15) is 0 Å². The van der Waals surface area contributed by atoms with E-state index in [9.17, 15) is 5.11 Å². The van der Waals surface area contributed by atoms with Crippen molar-refractivity contribution in [2.45, 2.75) is 25.3 Å². The summed E-state index contributed by atoms with van der Waals surface area (Å²) < 4.78 is 5.22. The van der Waals surface area contributed by atoms with Gasteiger partial charge in [-0.25, -0.2) is 0 Å². The van der Waals surface area contributed by atoms with Gasteiger partial charge in [-0.3, -0.25) is 0 Å². The van der Waals surface area contributed by atoms with Gasteiger partial charge in [0.05, 0.1) is 18.6 Å². The summed E-state index contributed by atoms with van der Waals surface area (Å²) in [5.41, 5.74) is 0. The fourth-order valence-electron chi connectivity index (χ4n) is 1.00. The molecule has 1 saturated heterocycles. The molecule has 0 spiro atoms. The summed E-state index contributed by atoms with van der Waals surface area (Å²) in [5.74, 6) is 0.470. The molecular formula is C6H13O2P. The highest BCUT2D eigenvalue weighted by molar-refractivity contribution is 7.17. The topological polar surface area (TPSA) is 29.5 Å². The van der Waals surface area contributed by atoms with Crippen LogP contribution in [0.3, 0.4) is 0 Å². The Labute approximate surface area is 57.8 Å². The van der Waals surface area contributed by atoms with Crippen LogP contribution in [0.1, 0.15) is 13.3 Å². The average Bonchev–Trinajstić information content (AvgIpc) is 1.80. The fourth-order valence-corrected chi connectivity index (χ4v) is 1.27. The molecule has 1 unspecified atom stereocenters. The minimum absolute atomic E-state index is 0.0406. The Kier molecular flexibility index (Phi) is 2.45. The Hall–Kier alpha value is 0.350. The second-order valence-electron chi connectivity index (χ2n) is 2.71. The van der Waals surface area contributed by atoms with Crippen LogP contribution >= 0.6 is 9.24 Å². The Morgan fingerprint density at radius 1 is 1.67 bits per heavy atom. The zero-order chi connectivity index (χ0) is 6.85. The predicted molar refractivity (Wildman–Crippen MR) is 39.2 cm³/mol. The largest absolute Gasteiger partial charge is 0.390 e. The van der Waals surface area contributed by atoms with Gasteiger partial charge in [0.2, 0.25) is 0 Å². The predicted octanol–water partition coefficient (Wildman–Crippen LogP) is 0.605. The van der Waals surface area contributed by atoms with Crippen molar-refractivity contribution in [3.63, 3.8) is 0 Å². The molecule has 0 amide bonds. The third-order valence-corrected chi connectivity index (χ3v) is 2.23. The molecule has 1 N–H and O–H groups in total. The van der Waals surface area contributed by atoms with E-state index in [0.29, 0.717) is 5.92 Å². The van der Waals surface area contributed by atoms with Crippen molar-refractivity contribution in [2.24, 2.45) is 5.92 Å². The SMILES string of the molecule is C[C@H]1CO[C@H](P)[C@@H](O)C1. The van der Waals surface area contributed by atoms with E-state index in [4.69, 9.17) is 4.74 Å². The van der Waals surface area contributed by atoms with Gasteiger partial charge in [-0.1, -0.05) is 6.92 Å². The van der Waals surface area contributed by atoms with Crippen molar-refractivity contribution in [1.29, 1.82) is 0 Å². The highest BCUT2D eigenvalue weighted by Crippen LogP contribution is 2.22. The number of rotatable bonds is 0. The van der Waals surface area contributed by atoms with E-state index in [0.717, 1.165) is 13.0 Å². The quantitative estimate of drug-likeness (QED) is 0.510. The van der Waals surface area contributed by atoms with Gasteiger partial charge in [0.15, 0.2) is 0 Å². The van der Waals surface area contributed by atoms with Crippen LogP contribution in [-0.4, -0.2) is 23.7 Å². The van der Waals surface area contributed by atoms with Gasteiger partial charge < -0.3 is 9.84 Å². The molecule has 3 heteroatoms. The molecule has 0 aliphatic carbocycles. The lowest BCUT2D eigenvalue weighted by Crippen LogP contribution is -2.33. The zero-order valence-corrected chi connectivity index (χ0v) is 6.73. The zero-order valence-electron chi connectivity index (χ0n) is 5.58. The van der Waals surface area contributed by atoms with Gasteiger partial charge in [0.25, 0.3) is 0 Å². The summed E-state index contributed by atoms with van der Waals surface area (Å²) in [4.78, 5) is 0. The first-order valence-corrected chi connectivity index (χ1v) is 3.92. The van der Waals surface area contributed by atoms with Crippen molar-refractivity contribution in [2.75, 3.05) is 6.61 Å². The normalized spacial score (nSPS) is 45.0. The first-order valence-electron chi connectivity index (χ1n) is 3.25. The lowest BCUT2D eigenvalue weighted by molar-refractivity contribution is -0.0512. The first kappa shape index (κ1) is 7.46. The molecule has 9 heavy (non-hydrogen) atoms. The van der Waals surface area contributed by atoms with E-state index in [1.165, 1.54) is 0 Å². The van der Waals surface area contributed by atoms with E-state index >= 15 is 0 Å². The Morgan fingerprint density at radius 3 is 2.78 bits per heavy atom. The smallest absolute Gasteiger partial charge is 0.0965 e. The van der Waals surface area contributed by atoms with Crippen molar-refractivity contribution in [3.05, 3.63) is 0 Å². The van der Waals surface area contributed by atoms with E-state index in [1.807, 2.05) is 0 Å². The standard InChI is InChI=1S/C6H13O2P/c1-4-2-5(7)6(9)8-3-4/h4-7H,2-3,9H2,1H3/t4-,5+,6-/m1/s1. The van der Waals surface area contributed by atoms with Gasteiger partial charge in [-0.05, 0) is 12.3 Å². The molecule has 1 rings (SSSR count). The summed E-state index contributed by atoms with van der Waals surface area (Å²) in [7, 11) is 2.49. The molecule has 2 nitrogen and oxygen atoms in total. The lowest BCUT2D eigenvalue weighted by Gasteiger charge is -2.28.